The van der Waals surface area contributed by atoms with Crippen LogP contribution in [-0.2, 0) is 4.79 Å². The standard InChI is InChI=1S/C4H6N2O/c1-3-4(7)6-5-2/h1,5H,2H3,(H,6,7). The largest absolute Gasteiger partial charge is 0.309 e. The number of terminal acetylenes is 1. The van der Waals surface area contributed by atoms with E-state index >= 15 is 0 Å². The number of hydrazine groups is 1. The lowest BCUT2D eigenvalue weighted by Crippen LogP contribution is -2.32. The molecule has 0 aromatic heterocycles. The zero-order valence-corrected chi connectivity index (χ0v) is 3.99. The lowest BCUT2D eigenvalue weighted by Gasteiger charge is -1.91. The maximum absolute atomic E-state index is 10.0. The number of nitrogens with one attached hydrogen (secondary N) is 2. The van der Waals surface area contributed by atoms with Crippen LogP contribution in [-0.4, -0.2) is 13.0 Å². The van der Waals surface area contributed by atoms with Crippen molar-refractivity contribution in [1.82, 2.24) is 10.9 Å². The highest BCUT2D eigenvalue weighted by Gasteiger charge is 1.84. The summed E-state index contributed by atoms with van der Waals surface area (Å²) in [5, 5.41) is 0. The van der Waals surface area contributed by atoms with Gasteiger partial charge in [-0.25, -0.2) is 5.43 Å². The van der Waals surface area contributed by atoms with E-state index in [1.165, 1.54) is 0 Å². The summed E-state index contributed by atoms with van der Waals surface area (Å²) in [4.78, 5) is 10.0. The second-order valence-electron chi connectivity index (χ2n) is 0.848. The molecule has 0 rings (SSSR count). The van der Waals surface area contributed by atoms with Gasteiger partial charge in [-0.3, -0.25) is 10.2 Å². The summed E-state index contributed by atoms with van der Waals surface area (Å²) in [5.41, 5.74) is 4.55. The average molecular weight is 98.1 g/mol. The van der Waals surface area contributed by atoms with Gasteiger partial charge >= 0.3 is 5.91 Å². The fourth-order valence-electron chi connectivity index (χ4n) is 0.150. The minimum absolute atomic E-state index is 0.456. The molecule has 1 amide bonds. The van der Waals surface area contributed by atoms with E-state index in [0.29, 0.717) is 0 Å². The van der Waals surface area contributed by atoms with E-state index in [1.807, 2.05) is 5.92 Å². The van der Waals surface area contributed by atoms with Gasteiger partial charge in [0.25, 0.3) is 0 Å². The van der Waals surface area contributed by atoms with Crippen LogP contribution < -0.4 is 10.9 Å². The summed E-state index contributed by atoms with van der Waals surface area (Å²) in [6, 6.07) is 0. The first-order valence-corrected chi connectivity index (χ1v) is 1.74. The normalized spacial score (nSPS) is 6.86. The van der Waals surface area contributed by atoms with Crippen molar-refractivity contribution in [3.05, 3.63) is 0 Å². The fourth-order valence-corrected chi connectivity index (χ4v) is 0.150. The van der Waals surface area contributed by atoms with Crippen LogP contribution in [0.1, 0.15) is 0 Å². The maximum atomic E-state index is 10.0. The molecular weight excluding hydrogens is 92.1 g/mol. The van der Waals surface area contributed by atoms with Crippen molar-refractivity contribution in [2.75, 3.05) is 7.05 Å². The van der Waals surface area contributed by atoms with Crippen LogP contribution in [0.25, 0.3) is 0 Å². The molecular formula is C4H6N2O. The molecule has 0 atom stereocenters. The zero-order chi connectivity index (χ0) is 5.70. The number of rotatable bonds is 1. The van der Waals surface area contributed by atoms with Gasteiger partial charge in [0, 0.05) is 7.05 Å². The number of carbonyl (C=O) groups excluding carboxylic acids is 1. The fraction of sp³-hybridized carbons (Fsp3) is 0.250. The molecule has 2 N–H and O–H groups in total. The van der Waals surface area contributed by atoms with E-state index in [2.05, 4.69) is 17.3 Å². The van der Waals surface area contributed by atoms with Gasteiger partial charge in [-0.2, -0.15) is 0 Å². The zero-order valence-electron chi connectivity index (χ0n) is 3.99. The summed E-state index contributed by atoms with van der Waals surface area (Å²) >= 11 is 0. The molecule has 0 heterocycles. The Labute approximate surface area is 42.1 Å². The molecule has 0 aromatic rings. The monoisotopic (exact) mass is 98.0 g/mol. The number of hydrogen-bond acceptors (Lipinski definition) is 2. The van der Waals surface area contributed by atoms with Gasteiger partial charge < -0.3 is 0 Å². The van der Waals surface area contributed by atoms with Crippen LogP contribution in [0.4, 0.5) is 0 Å². The molecule has 3 nitrogen and oxygen atoms in total. The van der Waals surface area contributed by atoms with Crippen LogP contribution in [0.3, 0.4) is 0 Å². The third-order valence-corrected chi connectivity index (χ3v) is 0.370. The van der Waals surface area contributed by atoms with Crippen LogP contribution in [0.15, 0.2) is 0 Å². The van der Waals surface area contributed by atoms with Gasteiger partial charge in [-0.1, -0.05) is 0 Å². The smallest absolute Gasteiger partial charge is 0.281 e. The molecule has 7 heavy (non-hydrogen) atoms. The first-order valence-electron chi connectivity index (χ1n) is 1.74. The van der Waals surface area contributed by atoms with Crippen molar-refractivity contribution in [2.24, 2.45) is 0 Å². The van der Waals surface area contributed by atoms with E-state index in [1.54, 1.807) is 7.05 Å². The Kier molecular flexibility index (Phi) is 2.73. The summed E-state index contributed by atoms with van der Waals surface area (Å²) in [5.74, 6) is 1.40. The summed E-state index contributed by atoms with van der Waals surface area (Å²) in [6.45, 7) is 0. The first kappa shape index (κ1) is 5.99. The van der Waals surface area contributed by atoms with E-state index in [4.69, 9.17) is 0 Å². The second kappa shape index (κ2) is 3.19. The molecule has 0 aromatic carbocycles. The highest BCUT2D eigenvalue weighted by atomic mass is 16.2. The molecule has 3 heteroatoms. The van der Waals surface area contributed by atoms with Crippen molar-refractivity contribution in [1.29, 1.82) is 0 Å². The summed E-state index contributed by atoms with van der Waals surface area (Å²) in [6.07, 6.45) is 4.66. The molecule has 0 bridgehead atoms. The Balaban J connectivity index is 3.24. The van der Waals surface area contributed by atoms with Gasteiger partial charge in [-0.15, -0.1) is 6.42 Å². The molecule has 0 fully saturated rings. The lowest BCUT2D eigenvalue weighted by atomic mass is 10.7. The molecule has 0 saturated heterocycles. The average Bonchev–Trinajstić information content (AvgIpc) is 1.68. The Hall–Kier alpha value is -1.01. The van der Waals surface area contributed by atoms with Crippen LogP contribution in [0.2, 0.25) is 0 Å². The van der Waals surface area contributed by atoms with Gasteiger partial charge in [0.2, 0.25) is 0 Å². The number of carbonyl (C=O) groups is 1. The predicted octanol–water partition coefficient (Wildman–Crippen LogP) is -1.13. The topological polar surface area (TPSA) is 41.1 Å². The minimum Gasteiger partial charge on any atom is -0.281 e. The summed E-state index contributed by atoms with van der Waals surface area (Å²) in [7, 11) is 1.56. The first-order chi connectivity index (χ1) is 3.31. The number of hydrogen-bond donors (Lipinski definition) is 2. The quantitative estimate of drug-likeness (QED) is 0.322. The molecule has 0 aliphatic heterocycles. The number of amides is 1. The predicted molar refractivity (Wildman–Crippen MR) is 26.0 cm³/mol. The van der Waals surface area contributed by atoms with Gasteiger partial charge in [0.05, 0.1) is 0 Å². The van der Waals surface area contributed by atoms with Crippen molar-refractivity contribution >= 4 is 5.91 Å². The second-order valence-corrected chi connectivity index (χ2v) is 0.848. The van der Waals surface area contributed by atoms with Crippen LogP contribution >= 0.6 is 0 Å². The van der Waals surface area contributed by atoms with E-state index in [-0.39, 0.29) is 0 Å². The third kappa shape index (κ3) is 2.80. The Morgan fingerprint density at radius 3 is 2.57 bits per heavy atom. The molecule has 0 unspecified atom stereocenters. The summed E-state index contributed by atoms with van der Waals surface area (Å²) < 4.78 is 0. The Morgan fingerprint density at radius 1 is 1.86 bits per heavy atom. The SMILES string of the molecule is C#CC(=O)NNC. The molecule has 0 saturated carbocycles. The van der Waals surface area contributed by atoms with E-state index in [0.717, 1.165) is 0 Å². The van der Waals surface area contributed by atoms with Gasteiger partial charge in [0.1, 0.15) is 0 Å². The van der Waals surface area contributed by atoms with E-state index < -0.39 is 5.91 Å². The molecule has 38 valence electrons. The maximum Gasteiger partial charge on any atom is 0.309 e. The molecule has 0 spiro atoms. The third-order valence-electron chi connectivity index (χ3n) is 0.370. The van der Waals surface area contributed by atoms with Crippen molar-refractivity contribution in [2.45, 2.75) is 0 Å². The Morgan fingerprint density at radius 2 is 2.43 bits per heavy atom. The molecule has 0 aliphatic rings. The van der Waals surface area contributed by atoms with E-state index in [9.17, 15) is 4.79 Å². The van der Waals surface area contributed by atoms with Gasteiger partial charge in [0.15, 0.2) is 0 Å². The van der Waals surface area contributed by atoms with Crippen LogP contribution in [0, 0.1) is 12.3 Å². The highest BCUT2D eigenvalue weighted by molar-refractivity contribution is 5.92. The van der Waals surface area contributed by atoms with Crippen molar-refractivity contribution in [3.8, 4) is 12.3 Å². The Bertz CT molecular complexity index is 103. The molecule has 0 aliphatic carbocycles. The highest BCUT2D eigenvalue weighted by Crippen LogP contribution is 1.48. The van der Waals surface area contributed by atoms with Gasteiger partial charge in [-0.05, 0) is 5.92 Å². The lowest BCUT2D eigenvalue weighted by molar-refractivity contribution is -0.116. The van der Waals surface area contributed by atoms with Crippen molar-refractivity contribution < 1.29 is 4.79 Å². The molecule has 0 radical (unpaired) electrons. The van der Waals surface area contributed by atoms with Crippen LogP contribution in [0.5, 0.6) is 0 Å². The van der Waals surface area contributed by atoms with Crippen molar-refractivity contribution in [3.63, 3.8) is 0 Å². The minimum atomic E-state index is -0.456.